The molecule has 31 heavy (non-hydrogen) atoms. The summed E-state index contributed by atoms with van der Waals surface area (Å²) in [6.45, 7) is 2.25. The van der Waals surface area contributed by atoms with Crippen LogP contribution in [0.5, 0.6) is 0 Å². The van der Waals surface area contributed by atoms with Gasteiger partial charge in [0.15, 0.2) is 5.16 Å². The second kappa shape index (κ2) is 10.7. The number of halogens is 1. The molecule has 1 aliphatic heterocycles. The molecular weight excluding hydrogens is 432 g/mol. The van der Waals surface area contributed by atoms with Gasteiger partial charge < -0.3 is 14.6 Å². The van der Waals surface area contributed by atoms with Gasteiger partial charge in [0.1, 0.15) is 16.7 Å². The Balaban J connectivity index is 1.28. The lowest BCUT2D eigenvalue weighted by Gasteiger charge is -2.33. The van der Waals surface area contributed by atoms with Gasteiger partial charge in [-0.25, -0.2) is 9.97 Å². The van der Waals surface area contributed by atoms with Crippen LogP contribution in [-0.4, -0.2) is 34.7 Å². The van der Waals surface area contributed by atoms with E-state index in [1.54, 1.807) is 18.4 Å². The molecular formula is C23H25ClN4O2S. The lowest BCUT2D eigenvalue weighted by molar-refractivity contribution is -0.118. The first-order chi connectivity index (χ1) is 15.2. The average Bonchev–Trinajstić information content (AvgIpc) is 3.31. The van der Waals surface area contributed by atoms with Gasteiger partial charge in [0.05, 0.1) is 18.6 Å². The molecule has 1 saturated heterocycles. The Labute approximate surface area is 191 Å². The summed E-state index contributed by atoms with van der Waals surface area (Å²) < 4.78 is 5.22. The van der Waals surface area contributed by atoms with Gasteiger partial charge in [-0.1, -0.05) is 53.7 Å². The van der Waals surface area contributed by atoms with Gasteiger partial charge in [-0.15, -0.1) is 0 Å². The Hall–Kier alpha value is -2.51. The van der Waals surface area contributed by atoms with Crippen LogP contribution in [0.2, 0.25) is 5.15 Å². The van der Waals surface area contributed by atoms with Crippen LogP contribution >= 0.6 is 23.4 Å². The number of furan rings is 1. The van der Waals surface area contributed by atoms with Gasteiger partial charge in [-0.05, 0) is 42.9 Å². The Morgan fingerprint density at radius 2 is 1.97 bits per heavy atom. The van der Waals surface area contributed by atoms with Crippen LogP contribution in [0.1, 0.15) is 24.2 Å². The molecule has 1 aromatic carbocycles. The second-order valence-corrected chi connectivity index (χ2v) is 8.93. The summed E-state index contributed by atoms with van der Waals surface area (Å²) in [5.74, 6) is 2.35. The van der Waals surface area contributed by atoms with Gasteiger partial charge in [0.25, 0.3) is 0 Å². The Kier molecular flexibility index (Phi) is 7.48. The van der Waals surface area contributed by atoms with Gasteiger partial charge in [0.2, 0.25) is 5.91 Å². The summed E-state index contributed by atoms with van der Waals surface area (Å²) in [6, 6.07) is 16.1. The number of hydrogen-bond donors (Lipinski definition) is 1. The van der Waals surface area contributed by atoms with E-state index < -0.39 is 0 Å². The summed E-state index contributed by atoms with van der Waals surface area (Å²) in [5, 5.41) is 3.73. The highest BCUT2D eigenvalue weighted by molar-refractivity contribution is 7.99. The van der Waals surface area contributed by atoms with Crippen molar-refractivity contribution in [3.63, 3.8) is 0 Å². The van der Waals surface area contributed by atoms with Crippen molar-refractivity contribution < 1.29 is 9.21 Å². The molecule has 0 spiro atoms. The maximum absolute atomic E-state index is 12.1. The molecule has 6 nitrogen and oxygen atoms in total. The molecule has 2 aromatic heterocycles. The van der Waals surface area contributed by atoms with E-state index in [0.717, 1.165) is 43.9 Å². The van der Waals surface area contributed by atoms with Crippen molar-refractivity contribution in [2.75, 3.05) is 23.7 Å². The summed E-state index contributed by atoms with van der Waals surface area (Å²) in [4.78, 5) is 23.3. The van der Waals surface area contributed by atoms with E-state index in [4.69, 9.17) is 16.0 Å². The molecule has 0 aliphatic carbocycles. The average molecular weight is 457 g/mol. The van der Waals surface area contributed by atoms with E-state index in [1.165, 1.54) is 17.3 Å². The van der Waals surface area contributed by atoms with Crippen LogP contribution < -0.4 is 10.2 Å². The molecule has 0 radical (unpaired) electrons. The predicted octanol–water partition coefficient (Wildman–Crippen LogP) is 4.59. The molecule has 8 heteroatoms. The molecule has 3 heterocycles. The smallest absolute Gasteiger partial charge is 0.230 e. The highest BCUT2D eigenvalue weighted by Gasteiger charge is 2.21. The summed E-state index contributed by atoms with van der Waals surface area (Å²) in [7, 11) is 0. The van der Waals surface area contributed by atoms with Crippen LogP contribution in [-0.2, 0) is 17.8 Å². The number of thioether (sulfide) groups is 1. The molecule has 0 bridgehead atoms. The SMILES string of the molecule is O=C(CSc1nc(Cl)cc(N2CCC(Cc3ccccc3)CC2)n1)NCc1ccco1. The monoisotopic (exact) mass is 456 g/mol. The van der Waals surface area contributed by atoms with E-state index in [-0.39, 0.29) is 11.7 Å². The third-order valence-corrected chi connectivity index (χ3v) is 6.38. The lowest BCUT2D eigenvalue weighted by atomic mass is 9.90. The van der Waals surface area contributed by atoms with Crippen LogP contribution in [0.25, 0.3) is 0 Å². The minimum Gasteiger partial charge on any atom is -0.467 e. The first-order valence-electron chi connectivity index (χ1n) is 10.4. The fourth-order valence-electron chi connectivity index (χ4n) is 3.71. The van der Waals surface area contributed by atoms with Crippen molar-refractivity contribution in [2.24, 2.45) is 5.92 Å². The second-order valence-electron chi connectivity index (χ2n) is 7.60. The molecule has 1 N–H and O–H groups in total. The molecule has 0 unspecified atom stereocenters. The zero-order valence-corrected chi connectivity index (χ0v) is 18.7. The van der Waals surface area contributed by atoms with E-state index >= 15 is 0 Å². The molecule has 162 valence electrons. The van der Waals surface area contributed by atoms with Crippen molar-refractivity contribution in [2.45, 2.75) is 31.0 Å². The summed E-state index contributed by atoms with van der Waals surface area (Å²) >= 11 is 7.53. The highest BCUT2D eigenvalue weighted by atomic mass is 35.5. The number of carbonyl (C=O) groups is 1. The highest BCUT2D eigenvalue weighted by Crippen LogP contribution is 2.27. The van der Waals surface area contributed by atoms with Crippen LogP contribution in [0.15, 0.2) is 64.4 Å². The number of nitrogens with zero attached hydrogens (tertiary/aromatic N) is 3. The normalized spacial score (nSPS) is 14.5. The topological polar surface area (TPSA) is 71.3 Å². The predicted molar refractivity (Wildman–Crippen MR) is 123 cm³/mol. The van der Waals surface area contributed by atoms with E-state index in [2.05, 4.69) is 50.5 Å². The van der Waals surface area contributed by atoms with E-state index in [1.807, 2.05) is 6.07 Å². The number of carbonyl (C=O) groups excluding carboxylic acids is 1. The maximum Gasteiger partial charge on any atom is 0.230 e. The molecule has 3 aromatic rings. The standard InChI is InChI=1S/C23H25ClN4O2S/c24-20-14-21(28-10-8-18(9-11-28)13-17-5-2-1-3-6-17)27-23(26-20)31-16-22(29)25-15-19-7-4-12-30-19/h1-7,12,14,18H,8-11,13,15-16H2,(H,25,29). The summed E-state index contributed by atoms with van der Waals surface area (Å²) in [5.41, 5.74) is 1.40. The number of amides is 1. The number of hydrogen-bond acceptors (Lipinski definition) is 6. The number of piperidine rings is 1. The minimum absolute atomic E-state index is 0.103. The lowest BCUT2D eigenvalue weighted by Crippen LogP contribution is -2.35. The van der Waals surface area contributed by atoms with Gasteiger partial charge in [-0.3, -0.25) is 4.79 Å². The Bertz CT molecular complexity index is 977. The molecule has 4 rings (SSSR count). The van der Waals surface area contributed by atoms with Crippen molar-refractivity contribution >= 4 is 35.1 Å². The number of rotatable bonds is 8. The summed E-state index contributed by atoms with van der Waals surface area (Å²) in [6.07, 6.45) is 4.94. The van der Waals surface area contributed by atoms with Crippen molar-refractivity contribution in [1.82, 2.24) is 15.3 Å². The van der Waals surface area contributed by atoms with Crippen LogP contribution in [0.4, 0.5) is 5.82 Å². The van der Waals surface area contributed by atoms with Crippen LogP contribution in [0.3, 0.4) is 0 Å². The van der Waals surface area contributed by atoms with Gasteiger partial charge in [0, 0.05) is 19.2 Å². The first-order valence-corrected chi connectivity index (χ1v) is 11.8. The van der Waals surface area contributed by atoms with Gasteiger partial charge in [-0.2, -0.15) is 0 Å². The third-order valence-electron chi connectivity index (χ3n) is 5.34. The van der Waals surface area contributed by atoms with Crippen molar-refractivity contribution in [3.05, 3.63) is 71.3 Å². The van der Waals surface area contributed by atoms with E-state index in [9.17, 15) is 4.79 Å². The first kappa shape index (κ1) is 21.7. The quantitative estimate of drug-likeness (QED) is 0.303. The maximum atomic E-state index is 12.1. The molecule has 1 aliphatic rings. The van der Waals surface area contributed by atoms with E-state index in [0.29, 0.717) is 22.8 Å². The minimum atomic E-state index is -0.103. The van der Waals surface area contributed by atoms with Crippen molar-refractivity contribution in [1.29, 1.82) is 0 Å². The fourth-order valence-corrected chi connectivity index (χ4v) is 4.62. The van der Waals surface area contributed by atoms with Crippen molar-refractivity contribution in [3.8, 4) is 0 Å². The molecule has 1 fully saturated rings. The van der Waals surface area contributed by atoms with Crippen LogP contribution in [0, 0.1) is 5.92 Å². The number of anilines is 1. The number of benzene rings is 1. The molecule has 0 saturated carbocycles. The largest absolute Gasteiger partial charge is 0.467 e. The molecule has 1 amide bonds. The third kappa shape index (κ3) is 6.48. The zero-order valence-electron chi connectivity index (χ0n) is 17.2. The zero-order chi connectivity index (χ0) is 21.5. The number of nitrogens with one attached hydrogen (secondary N) is 1. The molecule has 0 atom stereocenters. The Morgan fingerprint density at radius 1 is 1.16 bits per heavy atom. The number of aromatic nitrogens is 2. The van der Waals surface area contributed by atoms with Gasteiger partial charge >= 0.3 is 0 Å². The fraction of sp³-hybridized carbons (Fsp3) is 0.348. The Morgan fingerprint density at radius 3 is 2.71 bits per heavy atom.